The van der Waals surface area contributed by atoms with Crippen LogP contribution >= 0.6 is 0 Å². The molecule has 3 N–H and O–H groups in total. The van der Waals surface area contributed by atoms with Crippen LogP contribution in [0.1, 0.15) is 5.56 Å². The topological polar surface area (TPSA) is 46.2 Å². The van der Waals surface area contributed by atoms with E-state index in [4.69, 9.17) is 10.8 Å². The maximum Gasteiger partial charge on any atom is 0.159 e. The van der Waals surface area contributed by atoms with Crippen LogP contribution in [-0.4, -0.2) is 18.3 Å². The van der Waals surface area contributed by atoms with Crippen LogP contribution in [0.15, 0.2) is 18.2 Å². The van der Waals surface area contributed by atoms with Gasteiger partial charge in [-0.1, -0.05) is 6.07 Å². The van der Waals surface area contributed by atoms with Crippen molar-refractivity contribution in [1.29, 1.82) is 0 Å². The molecule has 1 aromatic carbocycles. The first-order valence-corrected chi connectivity index (χ1v) is 4.42. The second-order valence-corrected chi connectivity index (χ2v) is 3.24. The normalized spacial score (nSPS) is 12.9. The zero-order valence-corrected chi connectivity index (χ0v) is 7.71. The summed E-state index contributed by atoms with van der Waals surface area (Å²) in [6.45, 7) is 0.283. The van der Waals surface area contributed by atoms with Crippen molar-refractivity contribution in [2.75, 3.05) is 13.2 Å². The Morgan fingerprint density at radius 3 is 2.50 bits per heavy atom. The van der Waals surface area contributed by atoms with E-state index in [1.165, 1.54) is 6.07 Å². The van der Waals surface area contributed by atoms with Crippen LogP contribution in [0.3, 0.4) is 0 Å². The van der Waals surface area contributed by atoms with E-state index in [1.54, 1.807) is 0 Å². The molecule has 0 saturated carbocycles. The molecule has 14 heavy (non-hydrogen) atoms. The average molecular weight is 201 g/mol. The Morgan fingerprint density at radius 1 is 1.29 bits per heavy atom. The van der Waals surface area contributed by atoms with Gasteiger partial charge in [-0.05, 0) is 36.6 Å². The van der Waals surface area contributed by atoms with Gasteiger partial charge in [-0.15, -0.1) is 0 Å². The predicted octanol–water partition coefficient (Wildman–Crippen LogP) is 1.07. The molecule has 0 aliphatic rings. The third-order valence-corrected chi connectivity index (χ3v) is 2.10. The Morgan fingerprint density at radius 2 is 2.00 bits per heavy atom. The molecule has 1 atom stereocenters. The minimum atomic E-state index is -0.865. The summed E-state index contributed by atoms with van der Waals surface area (Å²) in [7, 11) is 0. The van der Waals surface area contributed by atoms with Crippen molar-refractivity contribution in [3.63, 3.8) is 0 Å². The molecular formula is C10H13F2NO. The van der Waals surface area contributed by atoms with Crippen molar-refractivity contribution in [2.24, 2.45) is 11.7 Å². The van der Waals surface area contributed by atoms with E-state index in [0.29, 0.717) is 18.5 Å². The largest absolute Gasteiger partial charge is 0.396 e. The Hall–Kier alpha value is -1.00. The molecule has 0 radical (unpaired) electrons. The molecule has 0 spiro atoms. The molecule has 78 valence electrons. The summed E-state index contributed by atoms with van der Waals surface area (Å²) in [6, 6.07) is 3.71. The molecular weight excluding hydrogens is 188 g/mol. The second kappa shape index (κ2) is 5.02. The van der Waals surface area contributed by atoms with E-state index in [9.17, 15) is 8.78 Å². The van der Waals surface area contributed by atoms with Gasteiger partial charge in [0.25, 0.3) is 0 Å². The second-order valence-electron chi connectivity index (χ2n) is 3.24. The third kappa shape index (κ3) is 2.75. The zero-order valence-electron chi connectivity index (χ0n) is 7.71. The first kappa shape index (κ1) is 11.1. The Kier molecular flexibility index (Phi) is 3.98. The summed E-state index contributed by atoms with van der Waals surface area (Å²) in [5.74, 6) is -1.82. The van der Waals surface area contributed by atoms with Crippen LogP contribution in [0.5, 0.6) is 0 Å². The van der Waals surface area contributed by atoms with Gasteiger partial charge < -0.3 is 10.8 Å². The van der Waals surface area contributed by atoms with Crippen molar-refractivity contribution in [2.45, 2.75) is 6.42 Å². The highest BCUT2D eigenvalue weighted by atomic mass is 19.2. The molecule has 2 nitrogen and oxygen atoms in total. The van der Waals surface area contributed by atoms with Gasteiger partial charge in [0.05, 0.1) is 0 Å². The monoisotopic (exact) mass is 201 g/mol. The lowest BCUT2D eigenvalue weighted by Crippen LogP contribution is -2.20. The lowest BCUT2D eigenvalue weighted by atomic mass is 10.0. The summed E-state index contributed by atoms with van der Waals surface area (Å²) < 4.78 is 25.3. The molecule has 0 amide bonds. The first-order chi connectivity index (χ1) is 6.67. The fourth-order valence-corrected chi connectivity index (χ4v) is 1.22. The molecule has 0 heterocycles. The number of hydrogen-bond acceptors (Lipinski definition) is 2. The highest BCUT2D eigenvalue weighted by Gasteiger charge is 2.08. The van der Waals surface area contributed by atoms with E-state index in [2.05, 4.69) is 0 Å². The molecule has 0 aliphatic heterocycles. The molecule has 0 aliphatic carbocycles. The van der Waals surface area contributed by atoms with Gasteiger partial charge >= 0.3 is 0 Å². The number of aliphatic hydroxyl groups is 1. The van der Waals surface area contributed by atoms with Crippen LogP contribution in [0.25, 0.3) is 0 Å². The van der Waals surface area contributed by atoms with E-state index < -0.39 is 11.6 Å². The standard InChI is InChI=1S/C10H13F2NO/c11-9-2-1-7(4-10(9)12)3-8(5-13)6-14/h1-2,4,8,14H,3,5-6,13H2/t8-/m1/s1. The minimum absolute atomic E-state index is 0.0461. The summed E-state index contributed by atoms with van der Waals surface area (Å²) in [5, 5.41) is 8.86. The molecule has 0 saturated heterocycles. The van der Waals surface area contributed by atoms with Gasteiger partial charge in [-0.25, -0.2) is 8.78 Å². The molecule has 0 bridgehead atoms. The Balaban J connectivity index is 2.72. The fraction of sp³-hybridized carbons (Fsp3) is 0.400. The highest BCUT2D eigenvalue weighted by molar-refractivity contribution is 5.18. The smallest absolute Gasteiger partial charge is 0.159 e. The van der Waals surface area contributed by atoms with Gasteiger partial charge in [-0.2, -0.15) is 0 Å². The van der Waals surface area contributed by atoms with Crippen LogP contribution in [0, 0.1) is 17.6 Å². The van der Waals surface area contributed by atoms with Gasteiger partial charge in [0.15, 0.2) is 11.6 Å². The number of nitrogens with two attached hydrogens (primary N) is 1. The summed E-state index contributed by atoms with van der Waals surface area (Å²) in [4.78, 5) is 0. The van der Waals surface area contributed by atoms with Gasteiger partial charge in [0.2, 0.25) is 0 Å². The first-order valence-electron chi connectivity index (χ1n) is 4.42. The van der Waals surface area contributed by atoms with Crippen molar-refractivity contribution < 1.29 is 13.9 Å². The quantitative estimate of drug-likeness (QED) is 0.765. The number of halogens is 2. The molecule has 4 heteroatoms. The predicted molar refractivity (Wildman–Crippen MR) is 49.7 cm³/mol. The van der Waals surface area contributed by atoms with Crippen LogP contribution in [0.2, 0.25) is 0 Å². The van der Waals surface area contributed by atoms with Crippen molar-refractivity contribution in [3.8, 4) is 0 Å². The van der Waals surface area contributed by atoms with Crippen molar-refractivity contribution in [1.82, 2.24) is 0 Å². The zero-order chi connectivity index (χ0) is 10.6. The molecule has 0 fully saturated rings. The van der Waals surface area contributed by atoms with E-state index in [-0.39, 0.29) is 12.5 Å². The highest BCUT2D eigenvalue weighted by Crippen LogP contribution is 2.12. The maximum absolute atomic E-state index is 12.8. The summed E-state index contributed by atoms with van der Waals surface area (Å²) in [6.07, 6.45) is 0.462. The average Bonchev–Trinajstić information content (AvgIpc) is 2.19. The van der Waals surface area contributed by atoms with Gasteiger partial charge in [-0.3, -0.25) is 0 Å². The van der Waals surface area contributed by atoms with Gasteiger partial charge in [0, 0.05) is 6.61 Å². The molecule has 0 aromatic heterocycles. The molecule has 1 rings (SSSR count). The van der Waals surface area contributed by atoms with Crippen LogP contribution in [-0.2, 0) is 6.42 Å². The van der Waals surface area contributed by atoms with Gasteiger partial charge in [0.1, 0.15) is 0 Å². The Bertz CT molecular complexity index is 300. The van der Waals surface area contributed by atoms with Crippen molar-refractivity contribution in [3.05, 3.63) is 35.4 Å². The SMILES string of the molecule is NC[C@H](CO)Cc1ccc(F)c(F)c1. The molecule has 1 aromatic rings. The number of hydrogen-bond donors (Lipinski definition) is 2. The lowest BCUT2D eigenvalue weighted by molar-refractivity contribution is 0.229. The Labute approximate surface area is 81.4 Å². The number of rotatable bonds is 4. The minimum Gasteiger partial charge on any atom is -0.396 e. The molecule has 0 unspecified atom stereocenters. The van der Waals surface area contributed by atoms with E-state index in [1.807, 2.05) is 0 Å². The summed E-state index contributed by atoms with van der Waals surface area (Å²) in [5.41, 5.74) is 6.02. The van der Waals surface area contributed by atoms with Crippen molar-refractivity contribution >= 4 is 0 Å². The summed E-state index contributed by atoms with van der Waals surface area (Å²) >= 11 is 0. The van der Waals surface area contributed by atoms with Crippen LogP contribution in [0.4, 0.5) is 8.78 Å². The van der Waals surface area contributed by atoms with E-state index >= 15 is 0 Å². The fourth-order valence-electron chi connectivity index (χ4n) is 1.22. The lowest BCUT2D eigenvalue weighted by Gasteiger charge is -2.11. The number of benzene rings is 1. The van der Waals surface area contributed by atoms with E-state index in [0.717, 1.165) is 12.1 Å². The number of aliphatic hydroxyl groups excluding tert-OH is 1. The third-order valence-electron chi connectivity index (χ3n) is 2.10. The van der Waals surface area contributed by atoms with Crippen LogP contribution < -0.4 is 5.73 Å². The maximum atomic E-state index is 12.8.